The second-order valence-electron chi connectivity index (χ2n) is 2.59. The molecule has 4 N–H and O–H groups in total. The fraction of sp³-hybridized carbons (Fsp3) is 0.125. The van der Waals surface area contributed by atoms with E-state index in [1.165, 1.54) is 0 Å². The Bertz CT molecular complexity index is 408. The highest BCUT2D eigenvalue weighted by molar-refractivity contribution is 6.31. The van der Waals surface area contributed by atoms with Crippen LogP contribution in [0.4, 0.5) is 0 Å². The van der Waals surface area contributed by atoms with Crippen molar-refractivity contribution in [2.24, 2.45) is 0 Å². The lowest BCUT2D eigenvalue weighted by Crippen LogP contribution is -2.47. The molecule has 0 fully saturated rings. The van der Waals surface area contributed by atoms with E-state index < -0.39 is 0 Å². The maximum atomic E-state index is 5.81. The summed E-state index contributed by atoms with van der Waals surface area (Å²) < 4.78 is 0. The highest BCUT2D eigenvalue weighted by Crippen LogP contribution is 2.16. The Kier molecular flexibility index (Phi) is 1.75. The molecule has 3 nitrogen and oxygen atoms in total. The van der Waals surface area contributed by atoms with Crippen LogP contribution in [0.25, 0.3) is 11.0 Å². The maximum Gasteiger partial charge on any atom is 0.162 e. The fourth-order valence-corrected chi connectivity index (χ4v) is 1.33. The zero-order valence-electron chi connectivity index (χ0n) is 6.47. The first-order valence-corrected chi connectivity index (χ1v) is 4.11. The van der Waals surface area contributed by atoms with Crippen molar-refractivity contribution in [1.29, 1.82) is 0 Å². The van der Waals surface area contributed by atoms with Crippen molar-refractivity contribution in [2.45, 2.75) is 6.54 Å². The molecular formula is C8H9ClN3+. The third-order valence-electron chi connectivity index (χ3n) is 1.73. The molecule has 0 saturated carbocycles. The molecule has 0 aliphatic carbocycles. The van der Waals surface area contributed by atoms with Crippen LogP contribution in [-0.4, -0.2) is 9.97 Å². The summed E-state index contributed by atoms with van der Waals surface area (Å²) in [6.07, 6.45) is 0. The monoisotopic (exact) mass is 182 g/mol. The Morgan fingerprint density at radius 3 is 3.08 bits per heavy atom. The maximum absolute atomic E-state index is 5.81. The average molecular weight is 183 g/mol. The van der Waals surface area contributed by atoms with Crippen LogP contribution >= 0.6 is 11.6 Å². The molecule has 0 aliphatic rings. The number of nitrogens with one attached hydrogen (secondary N) is 1. The summed E-state index contributed by atoms with van der Waals surface area (Å²) >= 11 is 5.81. The summed E-state index contributed by atoms with van der Waals surface area (Å²) in [4.78, 5) is 7.42. The highest BCUT2D eigenvalue weighted by atomic mass is 35.5. The van der Waals surface area contributed by atoms with E-state index in [4.69, 9.17) is 11.6 Å². The zero-order chi connectivity index (χ0) is 8.55. The molecule has 1 aromatic heterocycles. The van der Waals surface area contributed by atoms with Crippen molar-refractivity contribution in [3.05, 3.63) is 29.0 Å². The fourth-order valence-electron chi connectivity index (χ4n) is 1.15. The molecule has 0 saturated heterocycles. The molecule has 0 amide bonds. The normalized spacial score (nSPS) is 10.8. The molecule has 0 bridgehead atoms. The van der Waals surface area contributed by atoms with E-state index in [2.05, 4.69) is 15.7 Å². The number of fused-ring (bicyclic) bond motifs is 1. The van der Waals surface area contributed by atoms with Gasteiger partial charge in [0.05, 0.1) is 11.0 Å². The van der Waals surface area contributed by atoms with E-state index in [0.29, 0.717) is 6.54 Å². The van der Waals surface area contributed by atoms with Crippen molar-refractivity contribution in [3.63, 3.8) is 0 Å². The van der Waals surface area contributed by atoms with Crippen LogP contribution in [0.15, 0.2) is 18.2 Å². The standard InChI is InChI=1S/C8H8ClN3/c9-5-1-2-6-7(3-5)12-8(4-10)11-6/h1-3H,4,10H2,(H,11,12)/p+1. The highest BCUT2D eigenvalue weighted by Gasteiger charge is 2.01. The van der Waals surface area contributed by atoms with E-state index in [9.17, 15) is 0 Å². The minimum absolute atomic E-state index is 0.673. The quantitative estimate of drug-likeness (QED) is 0.678. The van der Waals surface area contributed by atoms with Gasteiger partial charge < -0.3 is 10.7 Å². The van der Waals surface area contributed by atoms with Crippen molar-refractivity contribution in [3.8, 4) is 0 Å². The molecule has 2 aromatic rings. The van der Waals surface area contributed by atoms with Crippen LogP contribution in [0.1, 0.15) is 5.82 Å². The Morgan fingerprint density at radius 2 is 2.33 bits per heavy atom. The van der Waals surface area contributed by atoms with Crippen LogP contribution < -0.4 is 5.73 Å². The van der Waals surface area contributed by atoms with E-state index in [1.807, 2.05) is 18.2 Å². The zero-order valence-corrected chi connectivity index (χ0v) is 7.23. The lowest BCUT2D eigenvalue weighted by Gasteiger charge is -1.87. The predicted molar refractivity (Wildman–Crippen MR) is 47.7 cm³/mol. The molecule has 62 valence electrons. The van der Waals surface area contributed by atoms with Crippen LogP contribution in [0.2, 0.25) is 5.02 Å². The summed E-state index contributed by atoms with van der Waals surface area (Å²) in [6, 6.07) is 5.59. The van der Waals surface area contributed by atoms with Gasteiger partial charge in [0.15, 0.2) is 5.82 Å². The first-order chi connectivity index (χ1) is 5.79. The topological polar surface area (TPSA) is 56.3 Å². The Hall–Kier alpha value is -1.06. The van der Waals surface area contributed by atoms with Crippen molar-refractivity contribution in [1.82, 2.24) is 9.97 Å². The van der Waals surface area contributed by atoms with Gasteiger partial charge in [-0.2, -0.15) is 0 Å². The number of hydrogen-bond donors (Lipinski definition) is 2. The number of aromatic nitrogens is 2. The molecular weight excluding hydrogens is 174 g/mol. The lowest BCUT2D eigenvalue weighted by molar-refractivity contribution is -0.388. The SMILES string of the molecule is [NH3+]Cc1nc2ccc(Cl)cc2[nH]1. The number of halogens is 1. The number of nitrogens with zero attached hydrogens (tertiary/aromatic N) is 1. The first-order valence-electron chi connectivity index (χ1n) is 3.73. The smallest absolute Gasteiger partial charge is 0.162 e. The Balaban J connectivity index is 2.67. The van der Waals surface area contributed by atoms with Gasteiger partial charge in [-0.1, -0.05) is 11.6 Å². The molecule has 4 heteroatoms. The largest absolute Gasteiger partial charge is 0.351 e. The van der Waals surface area contributed by atoms with Crippen molar-refractivity contribution in [2.75, 3.05) is 0 Å². The second-order valence-corrected chi connectivity index (χ2v) is 3.03. The van der Waals surface area contributed by atoms with Gasteiger partial charge in [-0.05, 0) is 18.2 Å². The number of aromatic amines is 1. The first kappa shape index (κ1) is 7.58. The molecule has 12 heavy (non-hydrogen) atoms. The van der Waals surface area contributed by atoms with Crippen LogP contribution in [0, 0.1) is 0 Å². The predicted octanol–water partition coefficient (Wildman–Crippen LogP) is 0.958. The van der Waals surface area contributed by atoms with Gasteiger partial charge in [0.1, 0.15) is 6.54 Å². The molecule has 0 spiro atoms. The second kappa shape index (κ2) is 2.77. The Labute approximate surface area is 74.5 Å². The summed E-state index contributed by atoms with van der Waals surface area (Å²) in [7, 11) is 0. The van der Waals surface area contributed by atoms with Gasteiger partial charge >= 0.3 is 0 Å². The summed E-state index contributed by atoms with van der Waals surface area (Å²) in [6.45, 7) is 0.673. The number of imidazole rings is 1. The number of rotatable bonds is 1. The number of hydrogen-bond acceptors (Lipinski definition) is 1. The summed E-state index contributed by atoms with van der Waals surface area (Å²) in [5.74, 6) is 0.896. The Morgan fingerprint density at radius 1 is 1.50 bits per heavy atom. The van der Waals surface area contributed by atoms with Gasteiger partial charge in [0.25, 0.3) is 0 Å². The van der Waals surface area contributed by atoms with Crippen molar-refractivity contribution < 1.29 is 5.73 Å². The summed E-state index contributed by atoms with van der Waals surface area (Å²) in [5.41, 5.74) is 5.66. The minimum Gasteiger partial charge on any atom is -0.351 e. The van der Waals surface area contributed by atoms with E-state index in [0.717, 1.165) is 21.9 Å². The van der Waals surface area contributed by atoms with Gasteiger partial charge in [-0.25, -0.2) is 4.98 Å². The van der Waals surface area contributed by atoms with E-state index in [-0.39, 0.29) is 0 Å². The van der Waals surface area contributed by atoms with Crippen LogP contribution in [0.3, 0.4) is 0 Å². The third kappa shape index (κ3) is 1.17. The lowest BCUT2D eigenvalue weighted by atomic mass is 10.3. The van der Waals surface area contributed by atoms with Gasteiger partial charge in [0.2, 0.25) is 0 Å². The average Bonchev–Trinajstić information content (AvgIpc) is 2.46. The van der Waals surface area contributed by atoms with Gasteiger partial charge in [-0.15, -0.1) is 0 Å². The molecule has 1 heterocycles. The number of H-pyrrole nitrogens is 1. The molecule has 0 radical (unpaired) electrons. The minimum atomic E-state index is 0.673. The summed E-state index contributed by atoms with van der Waals surface area (Å²) in [5, 5.41) is 0.724. The number of benzene rings is 1. The van der Waals surface area contributed by atoms with E-state index in [1.54, 1.807) is 0 Å². The third-order valence-corrected chi connectivity index (χ3v) is 1.96. The molecule has 1 aromatic carbocycles. The van der Waals surface area contributed by atoms with Crippen LogP contribution in [0.5, 0.6) is 0 Å². The molecule has 0 aliphatic heterocycles. The molecule has 0 unspecified atom stereocenters. The van der Waals surface area contributed by atoms with Crippen LogP contribution in [-0.2, 0) is 6.54 Å². The number of quaternary nitrogens is 1. The van der Waals surface area contributed by atoms with Crippen molar-refractivity contribution >= 4 is 22.6 Å². The van der Waals surface area contributed by atoms with Gasteiger partial charge in [-0.3, -0.25) is 0 Å². The molecule has 0 atom stereocenters. The van der Waals surface area contributed by atoms with E-state index >= 15 is 0 Å². The van der Waals surface area contributed by atoms with Gasteiger partial charge in [0, 0.05) is 5.02 Å². The molecule has 2 rings (SSSR count).